The molecule has 1 aromatic rings. The molecule has 1 aliphatic carbocycles. The van der Waals surface area contributed by atoms with Gasteiger partial charge in [0.1, 0.15) is 5.82 Å². The Bertz CT molecular complexity index is 500. The van der Waals surface area contributed by atoms with Crippen LogP contribution in [-0.4, -0.2) is 31.0 Å². The Kier molecular flexibility index (Phi) is 4.34. The number of hydrogen-bond donors (Lipinski definition) is 1. The van der Waals surface area contributed by atoms with Crippen LogP contribution in [0.1, 0.15) is 31.7 Å². The molecule has 0 bridgehead atoms. The second-order valence-corrected chi connectivity index (χ2v) is 4.97. The van der Waals surface area contributed by atoms with Gasteiger partial charge in [-0.1, -0.05) is 0 Å². The summed E-state index contributed by atoms with van der Waals surface area (Å²) in [6.07, 6.45) is 5.32. The molecule has 1 aliphatic rings. The van der Waals surface area contributed by atoms with Gasteiger partial charge in [-0.2, -0.15) is 0 Å². The van der Waals surface area contributed by atoms with E-state index in [-0.39, 0.29) is 11.4 Å². The summed E-state index contributed by atoms with van der Waals surface area (Å²) in [4.78, 5) is 25.9. The molecule has 0 saturated heterocycles. The Morgan fingerprint density at radius 2 is 2.35 bits per heavy atom. The number of carbonyl (C=O) groups excluding carboxylic acids is 2. The molecule has 108 valence electrons. The fourth-order valence-corrected chi connectivity index (χ4v) is 2.33. The number of anilines is 1. The number of pyridine rings is 1. The molecule has 0 aliphatic heterocycles. The van der Waals surface area contributed by atoms with Gasteiger partial charge in [0.25, 0.3) is 0 Å². The molecule has 20 heavy (non-hydrogen) atoms. The number of carbonyl (C=O) groups is 2. The van der Waals surface area contributed by atoms with Crippen LogP contribution in [0.2, 0.25) is 0 Å². The number of ether oxygens (including phenoxy) is 1. The van der Waals surface area contributed by atoms with E-state index >= 15 is 0 Å². The van der Waals surface area contributed by atoms with Crippen LogP contribution >= 0.6 is 0 Å². The number of hydrogen-bond acceptors (Lipinski definition) is 5. The summed E-state index contributed by atoms with van der Waals surface area (Å²) < 4.78 is 5.03. The molecular formula is C14H19N3O3. The molecule has 0 aromatic carbocycles. The summed E-state index contributed by atoms with van der Waals surface area (Å²) in [7, 11) is 1.66. The highest BCUT2D eigenvalue weighted by Gasteiger charge is 2.44. The number of aromatic nitrogens is 1. The Morgan fingerprint density at radius 3 is 2.90 bits per heavy atom. The van der Waals surface area contributed by atoms with E-state index in [1.54, 1.807) is 13.2 Å². The Morgan fingerprint density at radius 1 is 1.60 bits per heavy atom. The van der Waals surface area contributed by atoms with Crippen LogP contribution in [0.15, 0.2) is 18.3 Å². The molecule has 1 aromatic heterocycles. The largest absolute Gasteiger partial charge is 0.466 e. The van der Waals surface area contributed by atoms with Crippen LogP contribution in [0.25, 0.3) is 0 Å². The first-order valence-electron chi connectivity index (χ1n) is 6.63. The zero-order valence-electron chi connectivity index (χ0n) is 11.8. The minimum absolute atomic E-state index is 0.0649. The maximum absolute atomic E-state index is 10.9. The van der Waals surface area contributed by atoms with Crippen molar-refractivity contribution in [2.45, 2.75) is 31.6 Å². The molecule has 1 saturated carbocycles. The summed E-state index contributed by atoms with van der Waals surface area (Å²) in [6.45, 7) is 1.84. The van der Waals surface area contributed by atoms with Crippen molar-refractivity contribution in [3.8, 4) is 0 Å². The van der Waals surface area contributed by atoms with E-state index in [1.165, 1.54) is 11.9 Å². The molecule has 2 rings (SSSR count). The second kappa shape index (κ2) is 6.00. The van der Waals surface area contributed by atoms with E-state index < -0.39 is 0 Å². The molecule has 6 heteroatoms. The van der Waals surface area contributed by atoms with Crippen molar-refractivity contribution in [2.24, 2.45) is 0 Å². The summed E-state index contributed by atoms with van der Waals surface area (Å²) in [5, 5.41) is 1.33. The van der Waals surface area contributed by atoms with Crippen molar-refractivity contribution >= 4 is 18.2 Å². The third-order valence-corrected chi connectivity index (χ3v) is 3.69. The number of hydrazine groups is 1. The van der Waals surface area contributed by atoms with Gasteiger partial charge in [0, 0.05) is 20.2 Å². The van der Waals surface area contributed by atoms with Crippen molar-refractivity contribution < 1.29 is 14.3 Å². The highest BCUT2D eigenvalue weighted by molar-refractivity contribution is 5.71. The fourth-order valence-electron chi connectivity index (χ4n) is 2.33. The highest BCUT2D eigenvalue weighted by atomic mass is 16.5. The molecular weight excluding hydrogens is 258 g/mol. The maximum Gasteiger partial charge on any atom is 0.302 e. The quantitative estimate of drug-likeness (QED) is 0.460. The average Bonchev–Trinajstić information content (AvgIpc) is 3.21. The van der Waals surface area contributed by atoms with Gasteiger partial charge >= 0.3 is 5.97 Å². The van der Waals surface area contributed by atoms with Gasteiger partial charge in [0.2, 0.25) is 6.41 Å². The predicted molar refractivity (Wildman–Crippen MR) is 74.0 cm³/mol. The maximum atomic E-state index is 10.9. The molecule has 0 radical (unpaired) electrons. The summed E-state index contributed by atoms with van der Waals surface area (Å²) in [6, 6.07) is 3.87. The van der Waals surface area contributed by atoms with Gasteiger partial charge in [0.15, 0.2) is 0 Å². The number of nitrogens with one attached hydrogen (secondary N) is 1. The van der Waals surface area contributed by atoms with Crippen molar-refractivity contribution in [3.63, 3.8) is 0 Å². The zero-order valence-corrected chi connectivity index (χ0v) is 11.8. The molecule has 6 nitrogen and oxygen atoms in total. The van der Waals surface area contributed by atoms with Gasteiger partial charge in [-0.25, -0.2) is 15.4 Å². The van der Waals surface area contributed by atoms with Crippen LogP contribution in [-0.2, 0) is 19.7 Å². The molecule has 0 unspecified atom stereocenters. The van der Waals surface area contributed by atoms with Crippen LogP contribution < -0.4 is 10.4 Å². The molecule has 1 heterocycles. The van der Waals surface area contributed by atoms with E-state index in [4.69, 9.17) is 4.74 Å². The first-order chi connectivity index (χ1) is 9.61. The molecule has 1 amide bonds. The average molecular weight is 277 g/mol. The van der Waals surface area contributed by atoms with Crippen molar-refractivity contribution in [1.82, 2.24) is 10.4 Å². The van der Waals surface area contributed by atoms with Crippen LogP contribution in [0, 0.1) is 0 Å². The summed E-state index contributed by atoms with van der Waals surface area (Å²) in [5.74, 6) is 0.317. The van der Waals surface area contributed by atoms with Gasteiger partial charge in [-0.05, 0) is 42.4 Å². The minimum Gasteiger partial charge on any atom is -0.466 e. The third-order valence-electron chi connectivity index (χ3n) is 3.69. The van der Waals surface area contributed by atoms with Gasteiger partial charge in [0.05, 0.1) is 6.61 Å². The predicted octanol–water partition coefficient (Wildman–Crippen LogP) is 1.16. The summed E-state index contributed by atoms with van der Waals surface area (Å²) in [5.41, 5.74) is 3.96. The zero-order chi connectivity index (χ0) is 14.6. The van der Waals surface area contributed by atoms with Crippen molar-refractivity contribution in [3.05, 3.63) is 23.9 Å². The van der Waals surface area contributed by atoms with E-state index in [0.717, 1.165) is 24.8 Å². The van der Waals surface area contributed by atoms with Crippen LogP contribution in [0.4, 0.5) is 5.82 Å². The third kappa shape index (κ3) is 3.14. The highest BCUT2D eigenvalue weighted by Crippen LogP contribution is 2.51. The van der Waals surface area contributed by atoms with E-state index in [2.05, 4.69) is 10.4 Å². The fraction of sp³-hybridized carbons (Fsp3) is 0.500. The van der Waals surface area contributed by atoms with E-state index in [1.807, 2.05) is 12.1 Å². The lowest BCUT2D eigenvalue weighted by Crippen LogP contribution is -2.34. The van der Waals surface area contributed by atoms with Gasteiger partial charge in [-0.15, -0.1) is 0 Å². The number of nitrogens with zero attached hydrogens (tertiary/aromatic N) is 2. The lowest BCUT2D eigenvalue weighted by atomic mass is 9.93. The topological polar surface area (TPSA) is 71.5 Å². The van der Waals surface area contributed by atoms with Gasteiger partial charge < -0.3 is 4.74 Å². The molecule has 0 spiro atoms. The standard InChI is InChI=1S/C14H19N3O3/c1-11(19)20-8-6-14(4-5-14)12-3-7-16-13(9-12)17(10-18)15-2/h3,7,9-10,15H,4-6,8H2,1-2H3. The first-order valence-corrected chi connectivity index (χ1v) is 6.63. The van der Waals surface area contributed by atoms with E-state index in [9.17, 15) is 9.59 Å². The lowest BCUT2D eigenvalue weighted by molar-refractivity contribution is -0.141. The molecule has 0 atom stereocenters. The van der Waals surface area contributed by atoms with Crippen molar-refractivity contribution in [2.75, 3.05) is 18.7 Å². The van der Waals surface area contributed by atoms with Gasteiger partial charge in [-0.3, -0.25) is 9.59 Å². The Labute approximate surface area is 118 Å². The normalized spacial score (nSPS) is 15.5. The lowest BCUT2D eigenvalue weighted by Gasteiger charge is -2.19. The number of rotatable bonds is 7. The van der Waals surface area contributed by atoms with Crippen molar-refractivity contribution in [1.29, 1.82) is 0 Å². The first kappa shape index (κ1) is 14.5. The van der Waals surface area contributed by atoms with Crippen LogP contribution in [0.3, 0.4) is 0 Å². The smallest absolute Gasteiger partial charge is 0.302 e. The number of amides is 1. The Hall–Kier alpha value is -1.95. The molecule has 1 fully saturated rings. The summed E-state index contributed by atoms with van der Waals surface area (Å²) >= 11 is 0. The monoisotopic (exact) mass is 277 g/mol. The van der Waals surface area contributed by atoms with E-state index in [0.29, 0.717) is 18.8 Å². The molecule has 1 N–H and O–H groups in total. The minimum atomic E-state index is -0.251. The SMILES string of the molecule is CNN(C=O)c1cc(C2(CCOC(C)=O)CC2)ccn1. The van der Waals surface area contributed by atoms with Crippen LogP contribution in [0.5, 0.6) is 0 Å². The second-order valence-electron chi connectivity index (χ2n) is 4.97. The number of esters is 1. The Balaban J connectivity index is 2.10.